The summed E-state index contributed by atoms with van der Waals surface area (Å²) in [5.41, 5.74) is 3.63. The summed E-state index contributed by atoms with van der Waals surface area (Å²) in [6, 6.07) is 7.57. The Morgan fingerprint density at radius 2 is 1.88 bits per heavy atom. The summed E-state index contributed by atoms with van der Waals surface area (Å²) in [5, 5.41) is 0. The molecule has 0 aliphatic heterocycles. The number of aryl methyl sites for hydroxylation is 1. The number of hydrogen-bond acceptors (Lipinski definition) is 2. The van der Waals surface area contributed by atoms with Crippen LogP contribution in [0, 0.1) is 6.92 Å². The zero-order valence-corrected chi connectivity index (χ0v) is 10.7. The molecule has 0 spiro atoms. The Morgan fingerprint density at radius 1 is 1.18 bits per heavy atom. The normalized spacial score (nSPS) is 10.0. The van der Waals surface area contributed by atoms with E-state index in [1.54, 1.807) is 0 Å². The van der Waals surface area contributed by atoms with Gasteiger partial charge in [0, 0.05) is 6.42 Å². The quantitative estimate of drug-likeness (QED) is 0.581. The van der Waals surface area contributed by atoms with E-state index in [2.05, 4.69) is 12.4 Å². The first-order chi connectivity index (χ1) is 8.22. The van der Waals surface area contributed by atoms with Crippen molar-refractivity contribution in [3.8, 4) is 5.75 Å². The van der Waals surface area contributed by atoms with Crippen molar-refractivity contribution in [1.82, 2.24) is 5.48 Å². The Kier molecular flexibility index (Phi) is 6.15. The first-order valence-corrected chi connectivity index (χ1v) is 6.24. The van der Waals surface area contributed by atoms with Crippen LogP contribution in [0.25, 0.3) is 0 Å². The largest absolute Gasteiger partial charge is 0.380 e. The molecule has 0 aliphatic carbocycles. The Bertz CT molecular complexity index is 333. The van der Waals surface area contributed by atoms with Gasteiger partial charge in [-0.05, 0) is 25.5 Å². The highest BCUT2D eigenvalue weighted by Gasteiger charge is 2.01. The van der Waals surface area contributed by atoms with Gasteiger partial charge >= 0.3 is 0 Å². The lowest BCUT2D eigenvalue weighted by Crippen LogP contribution is -2.26. The maximum Gasteiger partial charge on any atom is 0.252 e. The van der Waals surface area contributed by atoms with Gasteiger partial charge in [0.1, 0.15) is 0 Å². The fraction of sp³-hybridized carbons (Fsp3) is 0.500. The number of benzene rings is 1. The van der Waals surface area contributed by atoms with Gasteiger partial charge in [-0.1, -0.05) is 43.9 Å². The molecule has 0 saturated carbocycles. The maximum absolute atomic E-state index is 11.4. The van der Waals surface area contributed by atoms with E-state index < -0.39 is 0 Å². The molecule has 0 unspecified atom stereocenters. The van der Waals surface area contributed by atoms with Gasteiger partial charge in [-0.2, -0.15) is 5.48 Å². The van der Waals surface area contributed by atoms with Crippen LogP contribution in [0.3, 0.4) is 0 Å². The van der Waals surface area contributed by atoms with Gasteiger partial charge < -0.3 is 4.84 Å². The summed E-state index contributed by atoms with van der Waals surface area (Å²) < 4.78 is 0. The molecular formula is C14H21NO2. The molecule has 1 aromatic rings. The zero-order valence-electron chi connectivity index (χ0n) is 10.7. The minimum Gasteiger partial charge on any atom is -0.380 e. The van der Waals surface area contributed by atoms with Crippen molar-refractivity contribution < 1.29 is 9.63 Å². The monoisotopic (exact) mass is 235 g/mol. The third kappa shape index (κ3) is 5.95. The lowest BCUT2D eigenvalue weighted by atomic mass is 10.1. The number of rotatable bonds is 7. The molecule has 1 aromatic carbocycles. The van der Waals surface area contributed by atoms with E-state index >= 15 is 0 Å². The predicted octanol–water partition coefficient (Wildman–Crippen LogP) is 3.38. The van der Waals surface area contributed by atoms with Crippen LogP contribution in [0.4, 0.5) is 0 Å². The van der Waals surface area contributed by atoms with E-state index in [4.69, 9.17) is 4.84 Å². The van der Waals surface area contributed by atoms with Crippen molar-refractivity contribution in [3.05, 3.63) is 29.8 Å². The number of unbranched alkanes of at least 4 members (excludes halogenated alkanes) is 3. The summed E-state index contributed by atoms with van der Waals surface area (Å²) in [6.45, 7) is 4.16. The molecule has 0 aliphatic rings. The van der Waals surface area contributed by atoms with E-state index in [0.717, 1.165) is 12.8 Å². The fourth-order valence-corrected chi connectivity index (χ4v) is 1.49. The second-order valence-electron chi connectivity index (χ2n) is 4.25. The molecule has 0 bridgehead atoms. The molecule has 94 valence electrons. The van der Waals surface area contributed by atoms with Crippen molar-refractivity contribution in [2.24, 2.45) is 0 Å². The molecule has 0 aromatic heterocycles. The molecule has 0 saturated heterocycles. The molecule has 3 heteroatoms. The average Bonchev–Trinajstić information content (AvgIpc) is 2.34. The molecule has 0 radical (unpaired) electrons. The van der Waals surface area contributed by atoms with Crippen LogP contribution >= 0.6 is 0 Å². The smallest absolute Gasteiger partial charge is 0.252 e. The van der Waals surface area contributed by atoms with E-state index in [9.17, 15) is 4.79 Å². The maximum atomic E-state index is 11.4. The first-order valence-electron chi connectivity index (χ1n) is 6.24. The van der Waals surface area contributed by atoms with E-state index in [1.807, 2.05) is 31.2 Å². The standard InChI is InChI=1S/C14H21NO2/c1-3-4-5-6-7-14(16)15-17-13-10-8-12(2)9-11-13/h8-11H,3-7H2,1-2H3,(H,15,16). The van der Waals surface area contributed by atoms with Crippen LogP contribution in [0.5, 0.6) is 5.75 Å². The van der Waals surface area contributed by atoms with Crippen molar-refractivity contribution in [2.45, 2.75) is 46.0 Å². The third-order valence-electron chi connectivity index (χ3n) is 2.56. The second kappa shape index (κ2) is 7.71. The van der Waals surface area contributed by atoms with E-state index in [-0.39, 0.29) is 5.91 Å². The summed E-state index contributed by atoms with van der Waals surface area (Å²) in [5.74, 6) is 0.610. The number of carbonyl (C=O) groups is 1. The summed E-state index contributed by atoms with van der Waals surface area (Å²) >= 11 is 0. The average molecular weight is 235 g/mol. The van der Waals surface area contributed by atoms with Crippen molar-refractivity contribution >= 4 is 5.91 Å². The van der Waals surface area contributed by atoms with Crippen LogP contribution in [0.2, 0.25) is 0 Å². The van der Waals surface area contributed by atoms with Crippen LogP contribution in [0.15, 0.2) is 24.3 Å². The molecule has 1 amide bonds. The Morgan fingerprint density at radius 3 is 2.53 bits per heavy atom. The minimum atomic E-state index is -0.0540. The Hall–Kier alpha value is -1.51. The molecule has 0 heterocycles. The highest BCUT2D eigenvalue weighted by atomic mass is 16.7. The number of carbonyl (C=O) groups excluding carboxylic acids is 1. The second-order valence-corrected chi connectivity index (χ2v) is 4.25. The summed E-state index contributed by atoms with van der Waals surface area (Å²) in [4.78, 5) is 16.6. The summed E-state index contributed by atoms with van der Waals surface area (Å²) in [6.07, 6.45) is 4.94. The number of nitrogens with one attached hydrogen (secondary N) is 1. The van der Waals surface area contributed by atoms with Gasteiger partial charge in [0.25, 0.3) is 5.91 Å². The zero-order chi connectivity index (χ0) is 12.5. The topological polar surface area (TPSA) is 38.3 Å². The SMILES string of the molecule is CCCCCCC(=O)NOc1ccc(C)cc1. The van der Waals surface area contributed by atoms with Gasteiger partial charge in [0.2, 0.25) is 0 Å². The highest BCUT2D eigenvalue weighted by Crippen LogP contribution is 2.10. The lowest BCUT2D eigenvalue weighted by Gasteiger charge is -2.06. The molecule has 1 rings (SSSR count). The third-order valence-corrected chi connectivity index (χ3v) is 2.56. The molecular weight excluding hydrogens is 214 g/mol. The molecule has 0 fully saturated rings. The number of amides is 1. The Labute approximate surface area is 103 Å². The van der Waals surface area contributed by atoms with Gasteiger partial charge in [-0.25, -0.2) is 0 Å². The highest BCUT2D eigenvalue weighted by molar-refractivity contribution is 5.74. The number of hydrogen-bond donors (Lipinski definition) is 1. The van der Waals surface area contributed by atoms with Crippen LogP contribution < -0.4 is 10.3 Å². The Balaban J connectivity index is 2.17. The van der Waals surface area contributed by atoms with Crippen LogP contribution in [0.1, 0.15) is 44.6 Å². The van der Waals surface area contributed by atoms with Crippen LogP contribution in [-0.2, 0) is 4.79 Å². The molecule has 3 nitrogen and oxygen atoms in total. The molecule has 1 N–H and O–H groups in total. The van der Waals surface area contributed by atoms with Gasteiger partial charge in [-0.15, -0.1) is 0 Å². The van der Waals surface area contributed by atoms with Crippen molar-refractivity contribution in [3.63, 3.8) is 0 Å². The van der Waals surface area contributed by atoms with E-state index in [0.29, 0.717) is 12.2 Å². The van der Waals surface area contributed by atoms with Gasteiger partial charge in [0.05, 0.1) is 0 Å². The number of hydroxylamine groups is 1. The predicted molar refractivity (Wildman–Crippen MR) is 68.7 cm³/mol. The molecule has 17 heavy (non-hydrogen) atoms. The van der Waals surface area contributed by atoms with E-state index in [1.165, 1.54) is 18.4 Å². The molecule has 0 atom stereocenters. The van der Waals surface area contributed by atoms with Crippen molar-refractivity contribution in [2.75, 3.05) is 0 Å². The lowest BCUT2D eigenvalue weighted by molar-refractivity contribution is -0.127. The first kappa shape index (κ1) is 13.6. The fourth-order valence-electron chi connectivity index (χ4n) is 1.49. The van der Waals surface area contributed by atoms with Crippen molar-refractivity contribution in [1.29, 1.82) is 0 Å². The minimum absolute atomic E-state index is 0.0540. The van der Waals surface area contributed by atoms with Gasteiger partial charge in [-0.3, -0.25) is 4.79 Å². The van der Waals surface area contributed by atoms with Gasteiger partial charge in [0.15, 0.2) is 5.75 Å². The van der Waals surface area contributed by atoms with Crippen LogP contribution in [-0.4, -0.2) is 5.91 Å². The summed E-state index contributed by atoms with van der Waals surface area (Å²) in [7, 11) is 0.